The van der Waals surface area contributed by atoms with Crippen LogP contribution in [0.15, 0.2) is 36.7 Å². The van der Waals surface area contributed by atoms with Crippen molar-refractivity contribution in [3.05, 3.63) is 42.2 Å². The van der Waals surface area contributed by atoms with Gasteiger partial charge in [-0.3, -0.25) is 9.97 Å². The number of nitrogens with two attached hydrogens (primary N) is 1. The molecule has 0 amide bonds. The number of pyridine rings is 2. The Morgan fingerprint density at radius 3 is 2.65 bits per heavy atom. The number of rotatable bonds is 3. The van der Waals surface area contributed by atoms with Gasteiger partial charge in [-0.1, -0.05) is 6.07 Å². The van der Waals surface area contributed by atoms with Gasteiger partial charge >= 0.3 is 0 Å². The first-order chi connectivity index (χ1) is 8.16. The zero-order valence-corrected chi connectivity index (χ0v) is 10.1. The van der Waals surface area contributed by atoms with E-state index in [1.165, 1.54) is 0 Å². The van der Waals surface area contributed by atoms with Gasteiger partial charge in [-0.2, -0.15) is 0 Å². The fourth-order valence-electron chi connectivity index (χ4n) is 1.70. The lowest BCUT2D eigenvalue weighted by Crippen LogP contribution is -2.11. The third kappa shape index (κ3) is 2.79. The molecule has 2 aromatic rings. The zero-order valence-electron chi connectivity index (χ0n) is 10.1. The third-order valence-corrected chi connectivity index (χ3v) is 2.38. The Bertz CT molecular complexity index is 494. The number of aromatic nitrogens is 2. The lowest BCUT2D eigenvalue weighted by atomic mass is 10.1. The van der Waals surface area contributed by atoms with Gasteiger partial charge in [-0.05, 0) is 37.9 Å². The first kappa shape index (κ1) is 11.5. The monoisotopic (exact) mass is 228 g/mol. The molecule has 2 rings (SSSR count). The first-order valence-corrected chi connectivity index (χ1v) is 5.47. The van der Waals surface area contributed by atoms with E-state index in [4.69, 9.17) is 5.73 Å². The quantitative estimate of drug-likeness (QED) is 0.870. The van der Waals surface area contributed by atoms with Crippen LogP contribution in [0.3, 0.4) is 0 Å². The Labute approximate surface area is 101 Å². The molecule has 2 heterocycles. The van der Waals surface area contributed by atoms with Crippen molar-refractivity contribution in [2.45, 2.75) is 6.54 Å². The molecule has 0 aromatic carbocycles. The molecule has 0 aliphatic rings. The number of nitrogen functional groups attached to an aromatic ring is 1. The van der Waals surface area contributed by atoms with Crippen LogP contribution >= 0.6 is 0 Å². The summed E-state index contributed by atoms with van der Waals surface area (Å²) in [5.41, 5.74) is 9.33. The van der Waals surface area contributed by atoms with Crippen LogP contribution in [-0.4, -0.2) is 29.0 Å². The average Bonchev–Trinajstić information content (AvgIpc) is 2.29. The molecule has 17 heavy (non-hydrogen) atoms. The Morgan fingerprint density at radius 2 is 2.06 bits per heavy atom. The van der Waals surface area contributed by atoms with E-state index in [0.717, 1.165) is 23.5 Å². The van der Waals surface area contributed by atoms with E-state index in [1.807, 2.05) is 44.6 Å². The smallest absolute Gasteiger partial charge is 0.111 e. The molecule has 4 heteroatoms. The minimum Gasteiger partial charge on any atom is -0.397 e. The van der Waals surface area contributed by atoms with Gasteiger partial charge in [-0.25, -0.2) is 0 Å². The molecule has 0 aliphatic heterocycles. The number of hydrogen-bond acceptors (Lipinski definition) is 4. The van der Waals surface area contributed by atoms with Crippen LogP contribution < -0.4 is 5.73 Å². The van der Waals surface area contributed by atoms with E-state index in [1.54, 1.807) is 6.20 Å². The van der Waals surface area contributed by atoms with Gasteiger partial charge in [0.2, 0.25) is 0 Å². The molecule has 0 radical (unpaired) electrons. The highest BCUT2D eigenvalue weighted by Gasteiger charge is 2.06. The van der Waals surface area contributed by atoms with Crippen LogP contribution in [0.1, 0.15) is 5.56 Å². The van der Waals surface area contributed by atoms with Gasteiger partial charge in [0.15, 0.2) is 0 Å². The molecule has 0 spiro atoms. The van der Waals surface area contributed by atoms with Crippen molar-refractivity contribution in [1.82, 2.24) is 14.9 Å². The van der Waals surface area contributed by atoms with Crippen LogP contribution in [-0.2, 0) is 6.54 Å². The molecule has 4 nitrogen and oxygen atoms in total. The largest absolute Gasteiger partial charge is 0.397 e. The summed E-state index contributed by atoms with van der Waals surface area (Å²) in [6.07, 6.45) is 3.59. The van der Waals surface area contributed by atoms with Gasteiger partial charge in [0.05, 0.1) is 11.4 Å². The second-order valence-corrected chi connectivity index (χ2v) is 4.23. The third-order valence-electron chi connectivity index (χ3n) is 2.38. The SMILES string of the molecule is CN(C)Cc1cnc(-c2ccccn2)c(N)c1. The number of anilines is 1. The lowest BCUT2D eigenvalue weighted by molar-refractivity contribution is 0.402. The van der Waals surface area contributed by atoms with Gasteiger partial charge < -0.3 is 10.6 Å². The summed E-state index contributed by atoms with van der Waals surface area (Å²) >= 11 is 0. The maximum Gasteiger partial charge on any atom is 0.111 e. The van der Waals surface area contributed by atoms with Crippen molar-refractivity contribution in [2.24, 2.45) is 0 Å². The van der Waals surface area contributed by atoms with E-state index in [2.05, 4.69) is 14.9 Å². The molecule has 0 saturated heterocycles. The minimum absolute atomic E-state index is 0.669. The topological polar surface area (TPSA) is 55.0 Å². The Hall–Kier alpha value is -1.94. The fourth-order valence-corrected chi connectivity index (χ4v) is 1.70. The second-order valence-electron chi connectivity index (χ2n) is 4.23. The highest BCUT2D eigenvalue weighted by atomic mass is 15.0. The Balaban J connectivity index is 2.32. The summed E-state index contributed by atoms with van der Waals surface area (Å²) in [5, 5.41) is 0. The predicted octanol–water partition coefficient (Wildman–Crippen LogP) is 1.79. The molecular weight excluding hydrogens is 212 g/mol. The maximum atomic E-state index is 6.01. The molecule has 0 fully saturated rings. The molecule has 0 saturated carbocycles. The Kier molecular flexibility index (Phi) is 3.35. The molecule has 0 bridgehead atoms. The minimum atomic E-state index is 0.669. The Morgan fingerprint density at radius 1 is 1.24 bits per heavy atom. The standard InChI is InChI=1S/C13H16N4/c1-17(2)9-10-7-11(14)13(16-8-10)12-5-3-4-6-15-12/h3-8H,9,14H2,1-2H3. The molecule has 88 valence electrons. The van der Waals surface area contributed by atoms with E-state index in [0.29, 0.717) is 5.69 Å². The zero-order chi connectivity index (χ0) is 12.3. The van der Waals surface area contributed by atoms with E-state index in [9.17, 15) is 0 Å². The van der Waals surface area contributed by atoms with Crippen molar-refractivity contribution in [3.8, 4) is 11.4 Å². The van der Waals surface area contributed by atoms with Crippen molar-refractivity contribution < 1.29 is 0 Å². The van der Waals surface area contributed by atoms with Gasteiger partial charge in [0.25, 0.3) is 0 Å². The van der Waals surface area contributed by atoms with Gasteiger partial charge in [-0.15, -0.1) is 0 Å². The summed E-state index contributed by atoms with van der Waals surface area (Å²) in [5.74, 6) is 0. The van der Waals surface area contributed by atoms with Crippen LogP contribution in [0.2, 0.25) is 0 Å². The first-order valence-electron chi connectivity index (χ1n) is 5.47. The summed E-state index contributed by atoms with van der Waals surface area (Å²) in [6.45, 7) is 0.833. The number of hydrogen-bond donors (Lipinski definition) is 1. The summed E-state index contributed by atoms with van der Waals surface area (Å²) in [6, 6.07) is 7.67. The molecule has 0 unspecified atom stereocenters. The van der Waals surface area contributed by atoms with Crippen LogP contribution in [0.25, 0.3) is 11.4 Å². The molecule has 2 aromatic heterocycles. The van der Waals surface area contributed by atoms with E-state index < -0.39 is 0 Å². The molecular formula is C13H16N4. The second kappa shape index (κ2) is 4.93. The van der Waals surface area contributed by atoms with E-state index in [-0.39, 0.29) is 0 Å². The highest BCUT2D eigenvalue weighted by Crippen LogP contribution is 2.22. The normalized spacial score (nSPS) is 10.8. The highest BCUT2D eigenvalue weighted by molar-refractivity contribution is 5.69. The maximum absolute atomic E-state index is 6.01. The summed E-state index contributed by atoms with van der Waals surface area (Å²) < 4.78 is 0. The predicted molar refractivity (Wildman–Crippen MR) is 69.3 cm³/mol. The molecule has 0 atom stereocenters. The summed E-state index contributed by atoms with van der Waals surface area (Å²) in [7, 11) is 4.03. The van der Waals surface area contributed by atoms with Gasteiger partial charge in [0, 0.05) is 18.9 Å². The van der Waals surface area contributed by atoms with Gasteiger partial charge in [0.1, 0.15) is 5.69 Å². The van der Waals surface area contributed by atoms with E-state index >= 15 is 0 Å². The van der Waals surface area contributed by atoms with Crippen molar-refractivity contribution >= 4 is 5.69 Å². The average molecular weight is 228 g/mol. The van der Waals surface area contributed by atoms with Crippen LogP contribution in [0.4, 0.5) is 5.69 Å². The van der Waals surface area contributed by atoms with Crippen LogP contribution in [0, 0.1) is 0 Å². The number of nitrogens with zero attached hydrogens (tertiary/aromatic N) is 3. The van der Waals surface area contributed by atoms with Crippen LogP contribution in [0.5, 0.6) is 0 Å². The lowest BCUT2D eigenvalue weighted by Gasteiger charge is -2.11. The molecule has 0 aliphatic carbocycles. The molecule has 2 N–H and O–H groups in total. The van der Waals surface area contributed by atoms with Crippen molar-refractivity contribution in [3.63, 3.8) is 0 Å². The van der Waals surface area contributed by atoms with Crippen molar-refractivity contribution in [1.29, 1.82) is 0 Å². The fraction of sp³-hybridized carbons (Fsp3) is 0.231. The van der Waals surface area contributed by atoms with Crippen molar-refractivity contribution in [2.75, 3.05) is 19.8 Å². The summed E-state index contributed by atoms with van der Waals surface area (Å²) in [4.78, 5) is 10.7.